The van der Waals surface area contributed by atoms with E-state index in [2.05, 4.69) is 15.2 Å². The number of carboxylic acids is 1. The standard InChI is InChI=1S/C24H24N4O3/c29-23(19-5-2-1-3-6-19)26-20-10-8-18(9-11-20)17-27-13-15-28(16-14-27)22-21(24(30)31)7-4-12-25-22/h1-12H,13-17H2,(H,26,29)(H,30,31). The van der Waals surface area contributed by atoms with E-state index in [0.29, 0.717) is 11.4 Å². The fourth-order valence-electron chi connectivity index (χ4n) is 3.68. The van der Waals surface area contributed by atoms with Crippen LogP contribution >= 0.6 is 0 Å². The van der Waals surface area contributed by atoms with Crippen LogP contribution in [-0.4, -0.2) is 53.0 Å². The van der Waals surface area contributed by atoms with Crippen LogP contribution in [0.3, 0.4) is 0 Å². The summed E-state index contributed by atoms with van der Waals surface area (Å²) >= 11 is 0. The number of piperazine rings is 1. The van der Waals surface area contributed by atoms with E-state index in [0.717, 1.165) is 44.0 Å². The topological polar surface area (TPSA) is 85.8 Å². The van der Waals surface area contributed by atoms with Crippen molar-refractivity contribution in [3.8, 4) is 0 Å². The number of amides is 1. The lowest BCUT2D eigenvalue weighted by Crippen LogP contribution is -2.46. The third-order valence-electron chi connectivity index (χ3n) is 5.34. The molecule has 3 aromatic rings. The largest absolute Gasteiger partial charge is 0.478 e. The van der Waals surface area contributed by atoms with Gasteiger partial charge in [0.25, 0.3) is 5.91 Å². The maximum atomic E-state index is 12.3. The van der Waals surface area contributed by atoms with Crippen LogP contribution in [0.25, 0.3) is 0 Å². The first-order chi connectivity index (χ1) is 15.1. The van der Waals surface area contributed by atoms with Gasteiger partial charge in [0.15, 0.2) is 0 Å². The summed E-state index contributed by atoms with van der Waals surface area (Å²) in [5.74, 6) is -0.544. The van der Waals surface area contributed by atoms with E-state index in [-0.39, 0.29) is 11.5 Å². The predicted molar refractivity (Wildman–Crippen MR) is 120 cm³/mol. The van der Waals surface area contributed by atoms with Gasteiger partial charge in [-0.25, -0.2) is 9.78 Å². The zero-order chi connectivity index (χ0) is 21.6. The zero-order valence-electron chi connectivity index (χ0n) is 17.1. The first-order valence-electron chi connectivity index (χ1n) is 10.2. The minimum atomic E-state index is -0.954. The highest BCUT2D eigenvalue weighted by atomic mass is 16.4. The van der Waals surface area contributed by atoms with Gasteiger partial charge in [-0.1, -0.05) is 30.3 Å². The number of aromatic carboxylic acids is 1. The molecule has 0 bridgehead atoms. The molecule has 1 aliphatic rings. The van der Waals surface area contributed by atoms with Crippen molar-refractivity contribution in [2.75, 3.05) is 36.4 Å². The summed E-state index contributed by atoms with van der Waals surface area (Å²) in [7, 11) is 0. The number of nitrogens with zero attached hydrogens (tertiary/aromatic N) is 3. The Balaban J connectivity index is 1.31. The van der Waals surface area contributed by atoms with Crippen molar-refractivity contribution in [1.29, 1.82) is 0 Å². The van der Waals surface area contributed by atoms with Crippen LogP contribution in [0.4, 0.5) is 11.5 Å². The normalized spacial score (nSPS) is 14.3. The number of carbonyl (C=O) groups excluding carboxylic acids is 1. The monoisotopic (exact) mass is 416 g/mol. The maximum absolute atomic E-state index is 12.3. The minimum Gasteiger partial charge on any atom is -0.478 e. The Morgan fingerprint density at radius 1 is 0.903 bits per heavy atom. The summed E-state index contributed by atoms with van der Waals surface area (Å²) in [6.07, 6.45) is 1.63. The molecule has 7 nitrogen and oxygen atoms in total. The van der Waals surface area contributed by atoms with E-state index in [1.165, 1.54) is 0 Å². The lowest BCUT2D eigenvalue weighted by Gasteiger charge is -2.35. The fraction of sp³-hybridized carbons (Fsp3) is 0.208. The summed E-state index contributed by atoms with van der Waals surface area (Å²) in [6.45, 7) is 3.89. The van der Waals surface area contributed by atoms with E-state index in [9.17, 15) is 14.7 Å². The molecule has 1 aliphatic heterocycles. The van der Waals surface area contributed by atoms with Gasteiger partial charge >= 0.3 is 5.97 Å². The Hall–Kier alpha value is -3.71. The van der Waals surface area contributed by atoms with Gasteiger partial charge < -0.3 is 15.3 Å². The number of carboxylic acid groups (broad SMARTS) is 1. The van der Waals surface area contributed by atoms with E-state index in [1.54, 1.807) is 30.5 Å². The molecule has 1 amide bonds. The fourth-order valence-corrected chi connectivity index (χ4v) is 3.68. The zero-order valence-corrected chi connectivity index (χ0v) is 17.1. The number of aromatic nitrogens is 1. The average molecular weight is 416 g/mol. The third-order valence-corrected chi connectivity index (χ3v) is 5.34. The second-order valence-corrected chi connectivity index (χ2v) is 7.46. The summed E-state index contributed by atoms with van der Waals surface area (Å²) in [4.78, 5) is 32.3. The summed E-state index contributed by atoms with van der Waals surface area (Å²) in [5.41, 5.74) is 2.79. The van der Waals surface area contributed by atoms with E-state index in [4.69, 9.17) is 0 Å². The molecule has 0 aliphatic carbocycles. The van der Waals surface area contributed by atoms with Crippen LogP contribution < -0.4 is 10.2 Å². The predicted octanol–water partition coefficient (Wildman–Crippen LogP) is 3.35. The molecular weight excluding hydrogens is 392 g/mol. The minimum absolute atomic E-state index is 0.125. The summed E-state index contributed by atoms with van der Waals surface area (Å²) < 4.78 is 0. The Labute approximate surface area is 181 Å². The van der Waals surface area contributed by atoms with Crippen LogP contribution in [-0.2, 0) is 6.54 Å². The van der Waals surface area contributed by atoms with Crippen molar-refractivity contribution in [1.82, 2.24) is 9.88 Å². The molecule has 2 aromatic carbocycles. The molecule has 7 heteroatoms. The molecule has 2 N–H and O–H groups in total. The number of hydrogen-bond acceptors (Lipinski definition) is 5. The van der Waals surface area contributed by atoms with E-state index in [1.807, 2.05) is 47.4 Å². The molecule has 2 heterocycles. The van der Waals surface area contributed by atoms with Crippen molar-refractivity contribution < 1.29 is 14.7 Å². The van der Waals surface area contributed by atoms with Crippen LogP contribution in [0.2, 0.25) is 0 Å². The molecule has 4 rings (SSSR count). The van der Waals surface area contributed by atoms with E-state index >= 15 is 0 Å². The molecule has 0 spiro atoms. The van der Waals surface area contributed by atoms with Crippen LogP contribution in [0, 0.1) is 0 Å². The number of carbonyl (C=O) groups is 2. The third kappa shape index (κ3) is 5.07. The molecule has 1 aromatic heterocycles. The second-order valence-electron chi connectivity index (χ2n) is 7.46. The van der Waals surface area contributed by atoms with Crippen LogP contribution in [0.15, 0.2) is 72.9 Å². The molecule has 0 saturated carbocycles. The van der Waals surface area contributed by atoms with Gasteiger partial charge in [-0.15, -0.1) is 0 Å². The Morgan fingerprint density at radius 3 is 2.29 bits per heavy atom. The van der Waals surface area contributed by atoms with Crippen LogP contribution in [0.5, 0.6) is 0 Å². The number of nitrogens with one attached hydrogen (secondary N) is 1. The molecule has 31 heavy (non-hydrogen) atoms. The van der Waals surface area contributed by atoms with E-state index < -0.39 is 5.97 Å². The molecule has 0 atom stereocenters. The SMILES string of the molecule is O=C(Nc1ccc(CN2CCN(c3ncccc3C(=O)O)CC2)cc1)c1ccccc1. The van der Waals surface area contributed by atoms with Gasteiger partial charge in [0.1, 0.15) is 11.4 Å². The highest BCUT2D eigenvalue weighted by Gasteiger charge is 2.22. The smallest absolute Gasteiger partial charge is 0.339 e. The molecular formula is C24H24N4O3. The van der Waals surface area contributed by atoms with Crippen LogP contribution in [0.1, 0.15) is 26.3 Å². The maximum Gasteiger partial charge on any atom is 0.339 e. The van der Waals surface area contributed by atoms with Gasteiger partial charge in [0.2, 0.25) is 0 Å². The van der Waals surface area contributed by atoms with Gasteiger partial charge in [-0.3, -0.25) is 9.69 Å². The summed E-state index contributed by atoms with van der Waals surface area (Å²) in [6, 6.07) is 20.3. The molecule has 0 radical (unpaired) electrons. The number of pyridine rings is 1. The van der Waals surface area contributed by atoms with Crippen molar-refractivity contribution in [2.45, 2.75) is 6.54 Å². The van der Waals surface area contributed by atoms with Gasteiger partial charge in [0, 0.05) is 50.2 Å². The lowest BCUT2D eigenvalue weighted by molar-refractivity contribution is 0.0696. The number of anilines is 2. The van der Waals surface area contributed by atoms with Crippen molar-refractivity contribution in [2.24, 2.45) is 0 Å². The average Bonchev–Trinajstić information content (AvgIpc) is 2.81. The number of hydrogen-bond donors (Lipinski definition) is 2. The molecule has 0 unspecified atom stereocenters. The quantitative estimate of drug-likeness (QED) is 0.641. The van der Waals surface area contributed by atoms with Gasteiger partial charge in [0.05, 0.1) is 0 Å². The number of benzene rings is 2. The first-order valence-corrected chi connectivity index (χ1v) is 10.2. The van der Waals surface area contributed by atoms with Crippen molar-refractivity contribution in [3.63, 3.8) is 0 Å². The van der Waals surface area contributed by atoms with Gasteiger partial charge in [-0.2, -0.15) is 0 Å². The van der Waals surface area contributed by atoms with Gasteiger partial charge in [-0.05, 0) is 42.0 Å². The molecule has 1 saturated heterocycles. The lowest BCUT2D eigenvalue weighted by atomic mass is 10.1. The van der Waals surface area contributed by atoms with Crippen molar-refractivity contribution >= 4 is 23.4 Å². The summed E-state index contributed by atoms with van der Waals surface area (Å²) in [5, 5.41) is 12.3. The highest BCUT2D eigenvalue weighted by molar-refractivity contribution is 6.04. The second kappa shape index (κ2) is 9.40. The Bertz CT molecular complexity index is 1050. The molecule has 1 fully saturated rings. The number of rotatable bonds is 6. The molecule has 158 valence electrons. The van der Waals surface area contributed by atoms with Crippen molar-refractivity contribution in [3.05, 3.63) is 89.6 Å². The highest BCUT2D eigenvalue weighted by Crippen LogP contribution is 2.20. The first kappa shape index (κ1) is 20.6. The Morgan fingerprint density at radius 2 is 1.61 bits per heavy atom. The Kier molecular flexibility index (Phi) is 6.24.